The van der Waals surface area contributed by atoms with Crippen LogP contribution in [0.5, 0.6) is 0 Å². The maximum Gasteiger partial charge on any atom is 0.135 e. The van der Waals surface area contributed by atoms with Gasteiger partial charge in [0, 0.05) is 0 Å². The molecular formula is C18H14N2S. The Balaban J connectivity index is 2.00. The molecule has 0 aliphatic carbocycles. The van der Waals surface area contributed by atoms with Crippen molar-refractivity contribution < 1.29 is 0 Å². The van der Waals surface area contributed by atoms with Crippen molar-refractivity contribution in [1.29, 1.82) is 5.26 Å². The molecule has 0 unspecified atom stereocenters. The van der Waals surface area contributed by atoms with E-state index < -0.39 is 0 Å². The Labute approximate surface area is 128 Å². The highest BCUT2D eigenvalue weighted by Crippen LogP contribution is 2.27. The van der Waals surface area contributed by atoms with Crippen LogP contribution in [0.4, 0.5) is 0 Å². The van der Waals surface area contributed by atoms with Crippen molar-refractivity contribution in [2.24, 2.45) is 0 Å². The third-order valence-electron chi connectivity index (χ3n) is 3.34. The Morgan fingerprint density at radius 3 is 2.62 bits per heavy atom. The number of aryl methyl sites for hydroxylation is 1. The molecule has 102 valence electrons. The normalized spacial score (nSPS) is 11.5. The SMILES string of the molecule is CCc1ccc(C=C(C#N)c2nc3ccccc3s2)cc1. The molecule has 1 heterocycles. The zero-order valence-electron chi connectivity index (χ0n) is 11.7. The summed E-state index contributed by atoms with van der Waals surface area (Å²) in [6, 6.07) is 18.5. The molecule has 0 aliphatic rings. The quantitative estimate of drug-likeness (QED) is 0.642. The third-order valence-corrected chi connectivity index (χ3v) is 4.41. The minimum atomic E-state index is 0.612. The fraction of sp³-hybridized carbons (Fsp3) is 0.111. The summed E-state index contributed by atoms with van der Waals surface area (Å²) in [6.45, 7) is 2.13. The van der Waals surface area contributed by atoms with Crippen molar-refractivity contribution in [2.75, 3.05) is 0 Å². The number of hydrogen-bond donors (Lipinski definition) is 0. The molecule has 2 aromatic carbocycles. The van der Waals surface area contributed by atoms with Crippen molar-refractivity contribution in [3.8, 4) is 6.07 Å². The largest absolute Gasteiger partial charge is 0.235 e. The summed E-state index contributed by atoms with van der Waals surface area (Å²) < 4.78 is 1.11. The van der Waals surface area contributed by atoms with Gasteiger partial charge in [0.1, 0.15) is 11.1 Å². The zero-order valence-corrected chi connectivity index (χ0v) is 12.5. The Hall–Kier alpha value is -2.44. The molecule has 0 N–H and O–H groups in total. The smallest absolute Gasteiger partial charge is 0.135 e. The van der Waals surface area contributed by atoms with E-state index in [1.165, 1.54) is 5.56 Å². The fourth-order valence-electron chi connectivity index (χ4n) is 2.15. The number of nitrogens with zero attached hydrogens (tertiary/aromatic N) is 2. The fourth-order valence-corrected chi connectivity index (χ4v) is 3.08. The Morgan fingerprint density at radius 2 is 1.95 bits per heavy atom. The standard InChI is InChI=1S/C18H14N2S/c1-2-13-7-9-14(10-8-13)11-15(12-19)18-20-16-5-3-4-6-17(16)21-18/h3-11H,2H2,1H3. The van der Waals surface area contributed by atoms with E-state index in [-0.39, 0.29) is 0 Å². The molecule has 0 radical (unpaired) electrons. The van der Waals surface area contributed by atoms with Gasteiger partial charge in [-0.2, -0.15) is 5.26 Å². The van der Waals surface area contributed by atoms with Crippen LogP contribution in [0.3, 0.4) is 0 Å². The predicted octanol–water partition coefficient (Wildman–Crippen LogP) is 4.92. The van der Waals surface area contributed by atoms with Crippen LogP contribution in [0.2, 0.25) is 0 Å². The van der Waals surface area contributed by atoms with Gasteiger partial charge in [-0.25, -0.2) is 4.98 Å². The van der Waals surface area contributed by atoms with Gasteiger partial charge in [-0.3, -0.25) is 0 Å². The molecule has 0 bridgehead atoms. The Kier molecular flexibility index (Phi) is 3.81. The summed E-state index contributed by atoms with van der Waals surface area (Å²) in [4.78, 5) is 4.54. The van der Waals surface area contributed by atoms with Gasteiger partial charge >= 0.3 is 0 Å². The summed E-state index contributed by atoms with van der Waals surface area (Å²) in [5, 5.41) is 10.2. The first-order chi connectivity index (χ1) is 10.3. The number of fused-ring (bicyclic) bond motifs is 1. The molecule has 3 aromatic rings. The molecule has 0 saturated heterocycles. The van der Waals surface area contributed by atoms with Gasteiger partial charge < -0.3 is 0 Å². The number of aromatic nitrogens is 1. The second-order valence-electron chi connectivity index (χ2n) is 4.75. The van der Waals surface area contributed by atoms with Gasteiger partial charge in [0.25, 0.3) is 0 Å². The first kappa shape index (κ1) is 13.5. The first-order valence-corrected chi connectivity index (χ1v) is 7.68. The van der Waals surface area contributed by atoms with Gasteiger partial charge in [0.2, 0.25) is 0 Å². The van der Waals surface area contributed by atoms with Crippen molar-refractivity contribution >= 4 is 33.2 Å². The highest BCUT2D eigenvalue weighted by molar-refractivity contribution is 7.19. The van der Waals surface area contributed by atoms with E-state index >= 15 is 0 Å². The van der Waals surface area contributed by atoms with Gasteiger partial charge in [-0.15, -0.1) is 11.3 Å². The molecule has 0 spiro atoms. The maximum absolute atomic E-state index is 9.42. The number of thiazole rings is 1. The maximum atomic E-state index is 9.42. The molecule has 21 heavy (non-hydrogen) atoms. The van der Waals surface area contributed by atoms with E-state index in [0.29, 0.717) is 5.57 Å². The highest BCUT2D eigenvalue weighted by atomic mass is 32.1. The lowest BCUT2D eigenvalue weighted by molar-refractivity contribution is 1.14. The van der Waals surface area contributed by atoms with Gasteiger partial charge in [0.05, 0.1) is 15.8 Å². The number of benzene rings is 2. The molecule has 0 amide bonds. The van der Waals surface area contributed by atoms with E-state index in [1.807, 2.05) is 42.5 Å². The average Bonchev–Trinajstić information content (AvgIpc) is 2.97. The van der Waals surface area contributed by atoms with E-state index in [1.54, 1.807) is 11.3 Å². The summed E-state index contributed by atoms with van der Waals surface area (Å²) in [7, 11) is 0. The summed E-state index contributed by atoms with van der Waals surface area (Å²) in [5.41, 5.74) is 3.88. The highest BCUT2D eigenvalue weighted by Gasteiger charge is 2.08. The van der Waals surface area contributed by atoms with E-state index in [0.717, 1.165) is 27.2 Å². The Morgan fingerprint density at radius 1 is 1.19 bits per heavy atom. The van der Waals surface area contributed by atoms with Crippen molar-refractivity contribution in [1.82, 2.24) is 4.98 Å². The molecule has 3 rings (SSSR count). The number of nitriles is 1. The van der Waals surface area contributed by atoms with Gasteiger partial charge in [-0.1, -0.05) is 43.3 Å². The molecule has 0 fully saturated rings. The topological polar surface area (TPSA) is 36.7 Å². The molecule has 0 saturated carbocycles. The van der Waals surface area contributed by atoms with E-state index in [2.05, 4.69) is 30.1 Å². The number of allylic oxidation sites excluding steroid dienone is 1. The van der Waals surface area contributed by atoms with Crippen LogP contribution in [0.1, 0.15) is 23.1 Å². The van der Waals surface area contributed by atoms with E-state index in [9.17, 15) is 5.26 Å². The summed E-state index contributed by atoms with van der Waals surface area (Å²) in [5.74, 6) is 0. The second-order valence-corrected chi connectivity index (χ2v) is 5.78. The first-order valence-electron chi connectivity index (χ1n) is 6.87. The predicted molar refractivity (Wildman–Crippen MR) is 88.9 cm³/mol. The monoisotopic (exact) mass is 290 g/mol. The molecule has 3 heteroatoms. The van der Waals surface area contributed by atoms with E-state index in [4.69, 9.17) is 0 Å². The van der Waals surface area contributed by atoms with Crippen molar-refractivity contribution in [3.63, 3.8) is 0 Å². The summed E-state index contributed by atoms with van der Waals surface area (Å²) in [6.07, 6.45) is 2.92. The average molecular weight is 290 g/mol. The van der Waals surface area contributed by atoms with Crippen LogP contribution in [0, 0.1) is 11.3 Å². The molecule has 0 atom stereocenters. The van der Waals surface area contributed by atoms with Crippen LogP contribution in [-0.2, 0) is 6.42 Å². The van der Waals surface area contributed by atoms with Crippen molar-refractivity contribution in [2.45, 2.75) is 13.3 Å². The minimum absolute atomic E-state index is 0.612. The number of para-hydroxylation sites is 1. The zero-order chi connectivity index (χ0) is 14.7. The van der Waals surface area contributed by atoms with Gasteiger partial charge in [0.15, 0.2) is 0 Å². The van der Waals surface area contributed by atoms with Gasteiger partial charge in [-0.05, 0) is 35.8 Å². The Bertz CT molecular complexity index is 803. The van der Waals surface area contributed by atoms with Crippen LogP contribution in [-0.4, -0.2) is 4.98 Å². The van der Waals surface area contributed by atoms with Crippen LogP contribution >= 0.6 is 11.3 Å². The summed E-state index contributed by atoms with van der Waals surface area (Å²) >= 11 is 1.55. The van der Waals surface area contributed by atoms with Crippen LogP contribution in [0.25, 0.3) is 21.9 Å². The molecule has 1 aromatic heterocycles. The van der Waals surface area contributed by atoms with Crippen LogP contribution < -0.4 is 0 Å². The lowest BCUT2D eigenvalue weighted by Crippen LogP contribution is -1.82. The number of rotatable bonds is 3. The minimum Gasteiger partial charge on any atom is -0.235 e. The third kappa shape index (κ3) is 2.86. The second kappa shape index (κ2) is 5.90. The number of hydrogen-bond acceptors (Lipinski definition) is 3. The lowest BCUT2D eigenvalue weighted by Gasteiger charge is -1.98. The molecule has 0 aliphatic heterocycles. The van der Waals surface area contributed by atoms with Crippen molar-refractivity contribution in [3.05, 3.63) is 64.7 Å². The van der Waals surface area contributed by atoms with Crippen LogP contribution in [0.15, 0.2) is 48.5 Å². The molecule has 2 nitrogen and oxygen atoms in total. The lowest BCUT2D eigenvalue weighted by atomic mass is 10.1. The molecular weight excluding hydrogens is 276 g/mol.